The van der Waals surface area contributed by atoms with E-state index in [9.17, 15) is 0 Å². The number of rotatable bonds is 7. The molecule has 112 valence electrons. The Morgan fingerprint density at radius 1 is 1.14 bits per heavy atom. The number of nitrogens with one attached hydrogen (secondary N) is 1. The lowest BCUT2D eigenvalue weighted by Crippen LogP contribution is -2.07. The Morgan fingerprint density at radius 2 is 1.95 bits per heavy atom. The van der Waals surface area contributed by atoms with Crippen molar-refractivity contribution in [3.05, 3.63) is 53.2 Å². The lowest BCUT2D eigenvalue weighted by molar-refractivity contribution is 0.454. The maximum atomic E-state index is 6.04. The summed E-state index contributed by atoms with van der Waals surface area (Å²) < 4.78 is 6.04. The minimum Gasteiger partial charge on any atom is -0.439 e. The molecule has 21 heavy (non-hydrogen) atoms. The third kappa shape index (κ3) is 4.30. The Morgan fingerprint density at radius 3 is 2.67 bits per heavy atom. The average Bonchev–Trinajstić information content (AvgIpc) is 2.48. The van der Waals surface area contributed by atoms with Gasteiger partial charge in [0.25, 0.3) is 0 Å². The van der Waals surface area contributed by atoms with Crippen LogP contribution in [0, 0.1) is 0 Å². The van der Waals surface area contributed by atoms with Crippen molar-refractivity contribution in [3.8, 4) is 11.6 Å². The van der Waals surface area contributed by atoms with Crippen LogP contribution >= 0.6 is 0 Å². The standard InChI is InChI=1S/C18H24N2O/c1-4-8-16-11-14(13-19-3)12-18(20-16)21-17-10-7-6-9-15(17)5-2/h6-7,9-12,19H,4-5,8,13H2,1-3H3. The fraction of sp³-hybridized carbons (Fsp3) is 0.389. The van der Waals surface area contributed by atoms with Gasteiger partial charge >= 0.3 is 0 Å². The summed E-state index contributed by atoms with van der Waals surface area (Å²) in [6.45, 7) is 5.12. The summed E-state index contributed by atoms with van der Waals surface area (Å²) in [5.74, 6) is 1.59. The van der Waals surface area contributed by atoms with Crippen molar-refractivity contribution in [1.29, 1.82) is 0 Å². The SMILES string of the molecule is CCCc1cc(CNC)cc(Oc2ccccc2CC)n1. The van der Waals surface area contributed by atoms with E-state index in [1.165, 1.54) is 11.1 Å². The summed E-state index contributed by atoms with van der Waals surface area (Å²) in [7, 11) is 1.95. The van der Waals surface area contributed by atoms with Crippen molar-refractivity contribution in [2.75, 3.05) is 7.05 Å². The molecule has 0 fully saturated rings. The summed E-state index contributed by atoms with van der Waals surface area (Å²) in [5.41, 5.74) is 3.50. The molecule has 1 aromatic carbocycles. The van der Waals surface area contributed by atoms with Gasteiger partial charge in [0.05, 0.1) is 0 Å². The first-order chi connectivity index (χ1) is 10.3. The van der Waals surface area contributed by atoms with Gasteiger partial charge in [0.1, 0.15) is 5.75 Å². The highest BCUT2D eigenvalue weighted by Gasteiger charge is 2.07. The van der Waals surface area contributed by atoms with Crippen LogP contribution in [0.5, 0.6) is 11.6 Å². The fourth-order valence-electron chi connectivity index (χ4n) is 2.37. The van der Waals surface area contributed by atoms with Crippen LogP contribution in [0.3, 0.4) is 0 Å². The Kier molecular flexibility index (Phi) is 5.76. The zero-order valence-corrected chi connectivity index (χ0v) is 13.1. The highest BCUT2D eigenvalue weighted by molar-refractivity contribution is 5.37. The van der Waals surface area contributed by atoms with E-state index in [1.807, 2.05) is 31.3 Å². The molecule has 1 heterocycles. The number of para-hydroxylation sites is 1. The molecule has 0 saturated heterocycles. The molecular weight excluding hydrogens is 260 g/mol. The number of ether oxygens (including phenoxy) is 1. The van der Waals surface area contributed by atoms with Crippen molar-refractivity contribution >= 4 is 0 Å². The van der Waals surface area contributed by atoms with Gasteiger partial charge in [0.2, 0.25) is 5.88 Å². The van der Waals surface area contributed by atoms with Gasteiger partial charge in [0, 0.05) is 18.3 Å². The highest BCUT2D eigenvalue weighted by Crippen LogP contribution is 2.25. The average molecular weight is 284 g/mol. The maximum Gasteiger partial charge on any atom is 0.219 e. The van der Waals surface area contributed by atoms with Gasteiger partial charge in [-0.3, -0.25) is 0 Å². The Balaban J connectivity index is 2.29. The molecule has 0 aliphatic carbocycles. The van der Waals surface area contributed by atoms with E-state index < -0.39 is 0 Å². The topological polar surface area (TPSA) is 34.1 Å². The van der Waals surface area contributed by atoms with E-state index in [4.69, 9.17) is 4.74 Å². The molecule has 2 aromatic rings. The molecule has 0 bridgehead atoms. The lowest BCUT2D eigenvalue weighted by atomic mass is 10.1. The third-order valence-corrected chi connectivity index (χ3v) is 3.37. The smallest absolute Gasteiger partial charge is 0.219 e. The number of pyridine rings is 1. The van der Waals surface area contributed by atoms with Crippen molar-refractivity contribution in [1.82, 2.24) is 10.3 Å². The van der Waals surface area contributed by atoms with Gasteiger partial charge in [-0.05, 0) is 43.1 Å². The lowest BCUT2D eigenvalue weighted by Gasteiger charge is -2.12. The minimum absolute atomic E-state index is 0.687. The molecule has 0 unspecified atom stereocenters. The second-order valence-corrected chi connectivity index (χ2v) is 5.15. The number of aromatic nitrogens is 1. The fourth-order valence-corrected chi connectivity index (χ4v) is 2.37. The summed E-state index contributed by atoms with van der Waals surface area (Å²) >= 11 is 0. The molecule has 0 radical (unpaired) electrons. The Bertz CT molecular complexity index is 557. The highest BCUT2D eigenvalue weighted by atomic mass is 16.5. The zero-order valence-electron chi connectivity index (χ0n) is 13.1. The van der Waals surface area contributed by atoms with Crippen molar-refractivity contribution in [2.45, 2.75) is 39.7 Å². The van der Waals surface area contributed by atoms with Crippen molar-refractivity contribution in [2.24, 2.45) is 0 Å². The monoisotopic (exact) mass is 284 g/mol. The van der Waals surface area contributed by atoms with Gasteiger partial charge in [-0.15, -0.1) is 0 Å². The molecule has 0 aliphatic rings. The quantitative estimate of drug-likeness (QED) is 0.831. The van der Waals surface area contributed by atoms with Crippen LogP contribution in [-0.4, -0.2) is 12.0 Å². The van der Waals surface area contributed by atoms with Crippen molar-refractivity contribution < 1.29 is 4.74 Å². The molecule has 1 aromatic heterocycles. The number of hydrogen-bond acceptors (Lipinski definition) is 3. The van der Waals surface area contributed by atoms with Gasteiger partial charge in [-0.1, -0.05) is 38.5 Å². The molecule has 0 spiro atoms. The van der Waals surface area contributed by atoms with Crippen LogP contribution in [-0.2, 0) is 19.4 Å². The molecule has 0 amide bonds. The van der Waals surface area contributed by atoms with Crippen LogP contribution in [0.25, 0.3) is 0 Å². The van der Waals surface area contributed by atoms with Gasteiger partial charge in [0.15, 0.2) is 0 Å². The van der Waals surface area contributed by atoms with E-state index in [1.54, 1.807) is 0 Å². The molecule has 0 saturated carbocycles. The predicted octanol–water partition coefficient (Wildman–Crippen LogP) is 4.11. The summed E-state index contributed by atoms with van der Waals surface area (Å²) in [6.07, 6.45) is 3.01. The second-order valence-electron chi connectivity index (χ2n) is 5.15. The van der Waals surface area contributed by atoms with Crippen LogP contribution in [0.1, 0.15) is 37.1 Å². The molecular formula is C18H24N2O. The largest absolute Gasteiger partial charge is 0.439 e. The predicted molar refractivity (Wildman–Crippen MR) is 86.9 cm³/mol. The molecule has 0 atom stereocenters. The maximum absolute atomic E-state index is 6.04. The van der Waals surface area contributed by atoms with Crippen LogP contribution in [0.2, 0.25) is 0 Å². The van der Waals surface area contributed by atoms with E-state index >= 15 is 0 Å². The van der Waals surface area contributed by atoms with E-state index in [0.717, 1.165) is 37.3 Å². The molecule has 2 rings (SSSR count). The molecule has 3 nitrogen and oxygen atoms in total. The van der Waals surface area contributed by atoms with E-state index in [0.29, 0.717) is 5.88 Å². The molecule has 1 N–H and O–H groups in total. The Labute approximate surface area is 127 Å². The zero-order chi connectivity index (χ0) is 15.1. The second kappa shape index (κ2) is 7.79. The van der Waals surface area contributed by atoms with Gasteiger partial charge < -0.3 is 10.1 Å². The number of hydrogen-bond donors (Lipinski definition) is 1. The Hall–Kier alpha value is -1.87. The first kappa shape index (κ1) is 15.5. The summed E-state index contributed by atoms with van der Waals surface area (Å²) in [4.78, 5) is 4.63. The van der Waals surface area contributed by atoms with E-state index in [2.05, 4.69) is 36.3 Å². The van der Waals surface area contributed by atoms with Gasteiger partial charge in [-0.2, -0.15) is 0 Å². The normalized spacial score (nSPS) is 10.6. The number of aryl methyl sites for hydroxylation is 2. The van der Waals surface area contributed by atoms with Crippen LogP contribution in [0.4, 0.5) is 0 Å². The number of nitrogens with zero attached hydrogens (tertiary/aromatic N) is 1. The first-order valence-electron chi connectivity index (χ1n) is 7.67. The van der Waals surface area contributed by atoms with E-state index in [-0.39, 0.29) is 0 Å². The summed E-state index contributed by atoms with van der Waals surface area (Å²) in [6, 6.07) is 12.3. The summed E-state index contributed by atoms with van der Waals surface area (Å²) in [5, 5.41) is 3.18. The van der Waals surface area contributed by atoms with Crippen LogP contribution < -0.4 is 10.1 Å². The first-order valence-corrected chi connectivity index (χ1v) is 7.67. The number of benzene rings is 1. The van der Waals surface area contributed by atoms with Gasteiger partial charge in [-0.25, -0.2) is 4.98 Å². The van der Waals surface area contributed by atoms with Crippen LogP contribution in [0.15, 0.2) is 36.4 Å². The molecule has 3 heteroatoms. The minimum atomic E-state index is 0.687. The third-order valence-electron chi connectivity index (χ3n) is 3.37. The van der Waals surface area contributed by atoms with Crippen molar-refractivity contribution in [3.63, 3.8) is 0 Å². The molecule has 0 aliphatic heterocycles.